The number of hydrogen-bond acceptors (Lipinski definition) is 3. The van der Waals surface area contributed by atoms with Gasteiger partial charge in [-0.25, -0.2) is 4.98 Å². The first-order chi connectivity index (χ1) is 13.0. The lowest BCUT2D eigenvalue weighted by Crippen LogP contribution is -2.32. The van der Waals surface area contributed by atoms with Gasteiger partial charge in [-0.05, 0) is 68.5 Å². The predicted molar refractivity (Wildman–Crippen MR) is 110 cm³/mol. The molecule has 0 saturated carbocycles. The number of piperidine rings is 1. The molecule has 1 fully saturated rings. The predicted octanol–water partition coefficient (Wildman–Crippen LogP) is 4.44. The van der Waals surface area contributed by atoms with Gasteiger partial charge >= 0.3 is 0 Å². The van der Waals surface area contributed by atoms with Gasteiger partial charge < -0.3 is 10.2 Å². The number of aryl methyl sites for hydroxylation is 2. The van der Waals surface area contributed by atoms with Gasteiger partial charge in [0, 0.05) is 30.7 Å². The van der Waals surface area contributed by atoms with Crippen LogP contribution in [-0.2, 0) is 0 Å². The molecule has 5 nitrogen and oxygen atoms in total. The number of fused-ring (bicyclic) bond motifs is 1. The molecule has 1 amide bonds. The molecule has 3 aromatic rings. The molecule has 1 saturated heterocycles. The van der Waals surface area contributed by atoms with Crippen molar-refractivity contribution < 1.29 is 4.79 Å². The molecule has 0 atom stereocenters. The number of benzene rings is 1. The third-order valence-corrected chi connectivity index (χ3v) is 5.51. The zero-order chi connectivity index (χ0) is 19.0. The Hall–Kier alpha value is -2.82. The fraction of sp³-hybridized carbons (Fsp3) is 0.364. The molecule has 3 heterocycles. The second-order valence-electron chi connectivity index (χ2n) is 7.60. The standard InChI is InChI=1S/C22H26N4O/c1-15-10-13-25(14-11-15)19-8-6-18(7-9-19)24-22(27)20-17(3)23-21-16(2)5-4-12-26(20)21/h4-9,12,15H,10-11,13-14H2,1-3H3,(H,24,27). The van der Waals surface area contributed by atoms with Gasteiger partial charge in [-0.1, -0.05) is 13.0 Å². The van der Waals surface area contributed by atoms with Crippen LogP contribution in [0.15, 0.2) is 42.6 Å². The van der Waals surface area contributed by atoms with E-state index in [9.17, 15) is 4.79 Å². The highest BCUT2D eigenvalue weighted by atomic mass is 16.2. The van der Waals surface area contributed by atoms with Gasteiger partial charge in [-0.2, -0.15) is 0 Å². The number of amides is 1. The molecule has 1 aliphatic rings. The van der Waals surface area contributed by atoms with E-state index in [1.807, 2.05) is 48.7 Å². The summed E-state index contributed by atoms with van der Waals surface area (Å²) in [6.07, 6.45) is 4.37. The Balaban J connectivity index is 1.52. The molecule has 4 rings (SSSR count). The van der Waals surface area contributed by atoms with Gasteiger partial charge in [0.05, 0.1) is 5.69 Å². The maximum atomic E-state index is 12.9. The van der Waals surface area contributed by atoms with Gasteiger partial charge in [0.25, 0.3) is 5.91 Å². The van der Waals surface area contributed by atoms with Gasteiger partial charge in [0.1, 0.15) is 11.3 Å². The fourth-order valence-corrected chi connectivity index (χ4v) is 3.80. The molecule has 0 bridgehead atoms. The van der Waals surface area contributed by atoms with E-state index in [0.29, 0.717) is 5.69 Å². The molecule has 0 spiro atoms. The molecule has 1 aromatic carbocycles. The van der Waals surface area contributed by atoms with Crippen molar-refractivity contribution in [2.75, 3.05) is 23.3 Å². The van der Waals surface area contributed by atoms with Crippen molar-refractivity contribution >= 4 is 22.9 Å². The number of hydrogen-bond donors (Lipinski definition) is 1. The number of anilines is 2. The Morgan fingerprint density at radius 2 is 1.81 bits per heavy atom. The van der Waals surface area contributed by atoms with E-state index >= 15 is 0 Å². The van der Waals surface area contributed by atoms with Crippen LogP contribution >= 0.6 is 0 Å². The number of nitrogens with zero attached hydrogens (tertiary/aromatic N) is 3. The monoisotopic (exact) mass is 362 g/mol. The number of nitrogens with one attached hydrogen (secondary N) is 1. The normalized spacial score (nSPS) is 15.3. The van der Waals surface area contributed by atoms with Crippen molar-refractivity contribution in [1.29, 1.82) is 0 Å². The lowest BCUT2D eigenvalue weighted by atomic mass is 9.99. The molecule has 140 valence electrons. The molecule has 2 aromatic heterocycles. The van der Waals surface area contributed by atoms with E-state index in [1.54, 1.807) is 0 Å². The molecular weight excluding hydrogens is 336 g/mol. The molecule has 1 aliphatic heterocycles. The van der Waals surface area contributed by atoms with Crippen LogP contribution in [0.4, 0.5) is 11.4 Å². The minimum Gasteiger partial charge on any atom is -0.372 e. The van der Waals surface area contributed by atoms with Crippen molar-refractivity contribution in [2.24, 2.45) is 5.92 Å². The lowest BCUT2D eigenvalue weighted by molar-refractivity contribution is 0.102. The maximum absolute atomic E-state index is 12.9. The molecule has 27 heavy (non-hydrogen) atoms. The van der Waals surface area contributed by atoms with E-state index in [0.717, 1.165) is 41.6 Å². The van der Waals surface area contributed by atoms with E-state index in [4.69, 9.17) is 0 Å². The summed E-state index contributed by atoms with van der Waals surface area (Å²) in [6, 6.07) is 12.1. The average Bonchev–Trinajstić information content (AvgIpc) is 3.00. The van der Waals surface area contributed by atoms with Crippen molar-refractivity contribution in [2.45, 2.75) is 33.6 Å². The van der Waals surface area contributed by atoms with Crippen molar-refractivity contribution in [3.63, 3.8) is 0 Å². The Kier molecular flexibility index (Phi) is 4.60. The molecular formula is C22H26N4O. The van der Waals surface area contributed by atoms with Crippen molar-refractivity contribution in [3.05, 3.63) is 59.5 Å². The van der Waals surface area contributed by atoms with Crippen molar-refractivity contribution in [1.82, 2.24) is 9.38 Å². The lowest BCUT2D eigenvalue weighted by Gasteiger charge is -2.32. The van der Waals surface area contributed by atoms with Gasteiger partial charge in [0.15, 0.2) is 0 Å². The largest absolute Gasteiger partial charge is 0.372 e. The first-order valence-electron chi connectivity index (χ1n) is 9.63. The number of imidazole rings is 1. The maximum Gasteiger partial charge on any atom is 0.274 e. The summed E-state index contributed by atoms with van der Waals surface area (Å²) in [5.41, 5.74) is 5.23. The summed E-state index contributed by atoms with van der Waals surface area (Å²) in [5, 5.41) is 3.02. The zero-order valence-corrected chi connectivity index (χ0v) is 16.2. The fourth-order valence-electron chi connectivity index (χ4n) is 3.80. The second-order valence-corrected chi connectivity index (χ2v) is 7.60. The summed E-state index contributed by atoms with van der Waals surface area (Å²) in [5.74, 6) is 0.683. The summed E-state index contributed by atoms with van der Waals surface area (Å²) in [6.45, 7) is 8.41. The average molecular weight is 362 g/mol. The molecule has 0 radical (unpaired) electrons. The highest BCUT2D eigenvalue weighted by molar-refractivity contribution is 6.04. The minimum absolute atomic E-state index is 0.134. The number of carbonyl (C=O) groups is 1. The van der Waals surface area contributed by atoms with Crippen LogP contribution in [0.25, 0.3) is 5.65 Å². The highest BCUT2D eigenvalue weighted by Gasteiger charge is 2.18. The Morgan fingerprint density at radius 1 is 1.11 bits per heavy atom. The first-order valence-corrected chi connectivity index (χ1v) is 9.63. The summed E-state index contributed by atoms with van der Waals surface area (Å²) < 4.78 is 1.86. The molecule has 0 unspecified atom stereocenters. The third kappa shape index (κ3) is 3.42. The summed E-state index contributed by atoms with van der Waals surface area (Å²) in [7, 11) is 0. The van der Waals surface area contributed by atoms with Crippen LogP contribution in [0.3, 0.4) is 0 Å². The third-order valence-electron chi connectivity index (χ3n) is 5.51. The zero-order valence-electron chi connectivity index (χ0n) is 16.2. The number of pyridine rings is 1. The second kappa shape index (κ2) is 7.06. The Morgan fingerprint density at radius 3 is 2.52 bits per heavy atom. The summed E-state index contributed by atoms with van der Waals surface area (Å²) in [4.78, 5) is 19.8. The van der Waals surface area contributed by atoms with Crippen LogP contribution in [0.1, 0.15) is 41.5 Å². The van der Waals surface area contributed by atoms with Gasteiger partial charge in [-0.15, -0.1) is 0 Å². The summed E-state index contributed by atoms with van der Waals surface area (Å²) >= 11 is 0. The van der Waals surface area contributed by atoms with Gasteiger partial charge in [0.2, 0.25) is 0 Å². The van der Waals surface area contributed by atoms with Crippen LogP contribution < -0.4 is 10.2 Å². The number of rotatable bonds is 3. The smallest absolute Gasteiger partial charge is 0.274 e. The van der Waals surface area contributed by atoms with E-state index in [-0.39, 0.29) is 5.91 Å². The van der Waals surface area contributed by atoms with Crippen LogP contribution in [-0.4, -0.2) is 28.4 Å². The van der Waals surface area contributed by atoms with E-state index < -0.39 is 0 Å². The first kappa shape index (κ1) is 17.6. The van der Waals surface area contributed by atoms with Crippen molar-refractivity contribution in [3.8, 4) is 0 Å². The quantitative estimate of drug-likeness (QED) is 0.749. The Bertz CT molecular complexity index is 966. The molecule has 5 heteroatoms. The van der Waals surface area contributed by atoms with Gasteiger partial charge in [-0.3, -0.25) is 9.20 Å². The van der Waals surface area contributed by atoms with E-state index in [1.165, 1.54) is 18.5 Å². The van der Waals surface area contributed by atoms with Crippen LogP contribution in [0.2, 0.25) is 0 Å². The molecule has 1 N–H and O–H groups in total. The van der Waals surface area contributed by atoms with E-state index in [2.05, 4.69) is 34.3 Å². The topological polar surface area (TPSA) is 49.6 Å². The number of carbonyl (C=O) groups excluding carboxylic acids is 1. The number of aromatic nitrogens is 2. The minimum atomic E-state index is -0.134. The Labute approximate surface area is 160 Å². The van der Waals surface area contributed by atoms with Crippen LogP contribution in [0, 0.1) is 19.8 Å². The SMILES string of the molecule is Cc1nc2c(C)cccn2c1C(=O)Nc1ccc(N2CCC(C)CC2)cc1. The van der Waals surface area contributed by atoms with Crippen LogP contribution in [0.5, 0.6) is 0 Å². The highest BCUT2D eigenvalue weighted by Crippen LogP contribution is 2.25. The molecule has 0 aliphatic carbocycles.